The van der Waals surface area contributed by atoms with E-state index in [2.05, 4.69) is 23.7 Å². The summed E-state index contributed by atoms with van der Waals surface area (Å²) < 4.78 is 19.2. The van der Waals surface area contributed by atoms with Gasteiger partial charge in [0.25, 0.3) is 11.8 Å². The SMILES string of the molecule is CCc1c(C(=O)N2CCN(C(C)C)CCCN(C(=O)COC)c3ccccc3C2)[nH]c2ccc(F)cc12. The third kappa shape index (κ3) is 5.86. The van der Waals surface area contributed by atoms with E-state index in [1.165, 1.54) is 19.2 Å². The number of nitrogens with zero attached hydrogens (tertiary/aromatic N) is 3. The number of halogens is 1. The molecule has 1 aliphatic heterocycles. The van der Waals surface area contributed by atoms with Gasteiger partial charge in [-0.3, -0.25) is 14.5 Å². The van der Waals surface area contributed by atoms with Crippen molar-refractivity contribution in [1.82, 2.24) is 14.8 Å². The molecular weight excluding hydrogens is 471 g/mol. The van der Waals surface area contributed by atoms with Crippen molar-refractivity contribution < 1.29 is 18.7 Å². The minimum Gasteiger partial charge on any atom is -0.375 e. The fourth-order valence-electron chi connectivity index (χ4n) is 5.18. The number of benzene rings is 2. The monoisotopic (exact) mass is 508 g/mol. The molecule has 1 aliphatic rings. The van der Waals surface area contributed by atoms with Crippen LogP contribution >= 0.6 is 0 Å². The first-order valence-corrected chi connectivity index (χ1v) is 13.0. The third-order valence-corrected chi connectivity index (χ3v) is 7.15. The number of anilines is 1. The molecule has 3 aromatic rings. The minimum absolute atomic E-state index is 0.00361. The maximum absolute atomic E-state index is 14.1. The highest BCUT2D eigenvalue weighted by Crippen LogP contribution is 2.28. The first-order valence-electron chi connectivity index (χ1n) is 13.0. The second kappa shape index (κ2) is 11.9. The van der Waals surface area contributed by atoms with Gasteiger partial charge in [0.15, 0.2) is 0 Å². The van der Waals surface area contributed by atoms with Crippen LogP contribution < -0.4 is 4.90 Å². The van der Waals surface area contributed by atoms with Crippen LogP contribution in [-0.2, 0) is 22.5 Å². The largest absolute Gasteiger partial charge is 0.375 e. The Kier molecular flexibility index (Phi) is 8.61. The molecule has 8 heteroatoms. The molecule has 0 fully saturated rings. The molecule has 2 aromatic carbocycles. The molecule has 1 aromatic heterocycles. The van der Waals surface area contributed by atoms with Crippen molar-refractivity contribution in [3.8, 4) is 0 Å². The first kappa shape index (κ1) is 26.8. The van der Waals surface area contributed by atoms with Crippen molar-refractivity contribution in [1.29, 1.82) is 0 Å². The lowest BCUT2D eigenvalue weighted by molar-refractivity contribution is -0.122. The molecule has 1 N–H and O–H groups in total. The van der Waals surface area contributed by atoms with Crippen LogP contribution in [0.15, 0.2) is 42.5 Å². The number of H-pyrrole nitrogens is 1. The van der Waals surface area contributed by atoms with Crippen LogP contribution in [0.3, 0.4) is 0 Å². The molecule has 4 rings (SSSR count). The standard InChI is InChI=1S/C29H37FN4O3/c1-5-23-24-17-22(30)11-12-25(24)31-28(23)29(36)33-16-15-32(20(2)3)13-8-14-34(27(35)19-37-4)26-10-7-6-9-21(26)18-33/h6-7,9-12,17,20,31H,5,8,13-16,18-19H2,1-4H3. The lowest BCUT2D eigenvalue weighted by atomic mass is 10.1. The number of fused-ring (bicyclic) bond motifs is 2. The summed E-state index contributed by atoms with van der Waals surface area (Å²) in [4.78, 5) is 36.4. The summed E-state index contributed by atoms with van der Waals surface area (Å²) >= 11 is 0. The average Bonchev–Trinajstić information content (AvgIpc) is 3.23. The van der Waals surface area contributed by atoms with Crippen LogP contribution in [-0.4, -0.2) is 72.5 Å². The molecule has 7 nitrogen and oxygen atoms in total. The van der Waals surface area contributed by atoms with Crippen molar-refractivity contribution in [2.75, 3.05) is 44.8 Å². The zero-order chi connectivity index (χ0) is 26.5. The van der Waals surface area contributed by atoms with Gasteiger partial charge in [-0.25, -0.2) is 4.39 Å². The molecule has 0 unspecified atom stereocenters. The molecule has 37 heavy (non-hydrogen) atoms. The summed E-state index contributed by atoms with van der Waals surface area (Å²) in [7, 11) is 1.52. The Morgan fingerprint density at radius 2 is 1.86 bits per heavy atom. The Morgan fingerprint density at radius 1 is 1.08 bits per heavy atom. The van der Waals surface area contributed by atoms with Gasteiger partial charge in [0.1, 0.15) is 18.1 Å². The molecule has 0 radical (unpaired) electrons. The summed E-state index contributed by atoms with van der Waals surface area (Å²) in [5, 5.41) is 0.740. The second-order valence-corrected chi connectivity index (χ2v) is 9.84. The van der Waals surface area contributed by atoms with Gasteiger partial charge in [0.2, 0.25) is 0 Å². The molecule has 0 atom stereocenters. The molecule has 2 amide bonds. The maximum atomic E-state index is 14.1. The summed E-state index contributed by atoms with van der Waals surface area (Å²) in [5.74, 6) is -0.548. The van der Waals surface area contributed by atoms with E-state index in [9.17, 15) is 14.0 Å². The Labute approximate surface area is 218 Å². The van der Waals surface area contributed by atoms with E-state index in [1.54, 1.807) is 11.0 Å². The van der Waals surface area contributed by atoms with E-state index in [4.69, 9.17) is 4.74 Å². The minimum atomic E-state index is -0.322. The van der Waals surface area contributed by atoms with Gasteiger partial charge < -0.3 is 19.5 Å². The molecule has 0 saturated heterocycles. The zero-order valence-electron chi connectivity index (χ0n) is 22.2. The predicted octanol–water partition coefficient (Wildman–Crippen LogP) is 4.61. The zero-order valence-corrected chi connectivity index (χ0v) is 22.2. The van der Waals surface area contributed by atoms with E-state index in [0.717, 1.165) is 40.7 Å². The van der Waals surface area contributed by atoms with Crippen LogP contribution in [0.25, 0.3) is 10.9 Å². The van der Waals surface area contributed by atoms with Crippen LogP contribution in [0, 0.1) is 5.82 Å². The number of hydrogen-bond donors (Lipinski definition) is 1. The number of nitrogens with one attached hydrogen (secondary N) is 1. The predicted molar refractivity (Wildman–Crippen MR) is 144 cm³/mol. The Bertz CT molecular complexity index is 1260. The number of amides is 2. The summed E-state index contributed by atoms with van der Waals surface area (Å²) in [5.41, 5.74) is 3.77. The number of methoxy groups -OCH3 is 1. The van der Waals surface area contributed by atoms with Crippen LogP contribution in [0.4, 0.5) is 10.1 Å². The molecule has 0 aliphatic carbocycles. The van der Waals surface area contributed by atoms with Crippen LogP contribution in [0.1, 0.15) is 48.8 Å². The Balaban J connectivity index is 1.76. The number of aromatic nitrogens is 1. The molecular formula is C29H37FN4O3. The molecule has 2 heterocycles. The highest BCUT2D eigenvalue weighted by molar-refractivity contribution is 6.01. The van der Waals surface area contributed by atoms with Crippen molar-refractivity contribution in [2.24, 2.45) is 0 Å². The van der Waals surface area contributed by atoms with Gasteiger partial charge in [0.05, 0.1) is 0 Å². The van der Waals surface area contributed by atoms with Crippen molar-refractivity contribution >= 4 is 28.4 Å². The van der Waals surface area contributed by atoms with Gasteiger partial charge in [-0.15, -0.1) is 0 Å². The van der Waals surface area contributed by atoms with Gasteiger partial charge in [0, 0.05) is 62.5 Å². The smallest absolute Gasteiger partial charge is 0.270 e. The average molecular weight is 509 g/mol. The third-order valence-electron chi connectivity index (χ3n) is 7.15. The fraction of sp³-hybridized carbons (Fsp3) is 0.448. The van der Waals surface area contributed by atoms with Crippen molar-refractivity contribution in [3.05, 3.63) is 65.1 Å². The van der Waals surface area contributed by atoms with E-state index in [0.29, 0.717) is 44.3 Å². The van der Waals surface area contributed by atoms with E-state index >= 15 is 0 Å². The van der Waals surface area contributed by atoms with Crippen LogP contribution in [0.5, 0.6) is 0 Å². The second-order valence-electron chi connectivity index (χ2n) is 9.84. The van der Waals surface area contributed by atoms with Gasteiger partial charge in [-0.1, -0.05) is 25.1 Å². The van der Waals surface area contributed by atoms with E-state index in [-0.39, 0.29) is 24.2 Å². The van der Waals surface area contributed by atoms with E-state index in [1.807, 2.05) is 36.1 Å². The van der Waals surface area contributed by atoms with Crippen molar-refractivity contribution in [2.45, 2.75) is 46.2 Å². The van der Waals surface area contributed by atoms with E-state index < -0.39 is 0 Å². The fourth-order valence-corrected chi connectivity index (χ4v) is 5.18. The highest BCUT2D eigenvalue weighted by Gasteiger charge is 2.27. The number of para-hydroxylation sites is 1. The summed E-state index contributed by atoms with van der Waals surface area (Å²) in [6, 6.07) is 12.6. The number of ether oxygens (including phenoxy) is 1. The quantitative estimate of drug-likeness (QED) is 0.547. The molecule has 0 saturated carbocycles. The number of aromatic amines is 1. The number of hydrogen-bond acceptors (Lipinski definition) is 4. The van der Waals surface area contributed by atoms with Gasteiger partial charge in [-0.05, 0) is 62.1 Å². The van der Waals surface area contributed by atoms with Crippen LogP contribution in [0.2, 0.25) is 0 Å². The normalized spacial score (nSPS) is 15.6. The highest BCUT2D eigenvalue weighted by atomic mass is 19.1. The molecule has 0 spiro atoms. The maximum Gasteiger partial charge on any atom is 0.270 e. The Hall–Kier alpha value is -3.23. The van der Waals surface area contributed by atoms with Gasteiger partial charge in [-0.2, -0.15) is 0 Å². The Morgan fingerprint density at radius 3 is 2.59 bits per heavy atom. The molecule has 0 bridgehead atoms. The number of rotatable bonds is 5. The lowest BCUT2D eigenvalue weighted by Crippen LogP contribution is -2.41. The van der Waals surface area contributed by atoms with Crippen molar-refractivity contribution in [3.63, 3.8) is 0 Å². The topological polar surface area (TPSA) is 68.9 Å². The number of aryl methyl sites for hydroxylation is 1. The summed E-state index contributed by atoms with van der Waals surface area (Å²) in [6.07, 6.45) is 1.41. The lowest BCUT2D eigenvalue weighted by Gasteiger charge is -2.30. The van der Waals surface area contributed by atoms with Gasteiger partial charge >= 0.3 is 0 Å². The number of carbonyl (C=O) groups is 2. The first-order chi connectivity index (χ1) is 17.8. The number of carbonyl (C=O) groups excluding carboxylic acids is 2. The summed E-state index contributed by atoms with van der Waals surface area (Å²) in [6.45, 7) is 9.26. The molecule has 198 valence electrons.